The zero-order chi connectivity index (χ0) is 30.3. The number of hydrogen-bond acceptors (Lipinski definition) is 5. The Bertz CT molecular complexity index is 1730. The van der Waals surface area contributed by atoms with E-state index in [1.54, 1.807) is 23.5 Å². The van der Waals surface area contributed by atoms with Crippen LogP contribution in [0.5, 0.6) is 0 Å². The van der Waals surface area contributed by atoms with Crippen LogP contribution in [0.25, 0.3) is 22.3 Å². The molecule has 3 nitrogen and oxygen atoms in total. The Hall–Kier alpha value is -4.39. The number of nitrogens with two attached hydrogens (primary N) is 2. The molecular weight excluding hydrogens is 577 g/mol. The summed E-state index contributed by atoms with van der Waals surface area (Å²) in [6.07, 6.45) is 0. The zero-order valence-electron chi connectivity index (χ0n) is 24.2. The maximum absolute atomic E-state index is 13.5. The first-order chi connectivity index (χ1) is 21.6. The minimum absolute atomic E-state index is 0.00201. The van der Waals surface area contributed by atoms with Crippen LogP contribution in [0.2, 0.25) is 0 Å². The van der Waals surface area contributed by atoms with Crippen LogP contribution in [0.3, 0.4) is 0 Å². The molecule has 0 aliphatic carbocycles. The highest BCUT2D eigenvalue weighted by atomic mass is 32.2. The number of ketones is 1. The molecule has 0 saturated carbocycles. The number of carbonyl (C=O) groups is 1. The summed E-state index contributed by atoms with van der Waals surface area (Å²) < 4.78 is 0. The number of rotatable bonds is 10. The van der Waals surface area contributed by atoms with Gasteiger partial charge in [-0.15, -0.1) is 0 Å². The molecule has 4 N–H and O–H groups in total. The van der Waals surface area contributed by atoms with Gasteiger partial charge < -0.3 is 11.5 Å². The first kappa shape index (κ1) is 29.7. The summed E-state index contributed by atoms with van der Waals surface area (Å²) >= 11 is 3.44. The van der Waals surface area contributed by atoms with Gasteiger partial charge in [0.25, 0.3) is 0 Å². The van der Waals surface area contributed by atoms with Gasteiger partial charge in [0.1, 0.15) is 0 Å². The first-order valence-corrected chi connectivity index (χ1v) is 16.1. The Balaban J connectivity index is 1.23. The molecule has 6 aromatic carbocycles. The highest BCUT2D eigenvalue weighted by Crippen LogP contribution is 2.38. The van der Waals surface area contributed by atoms with E-state index in [-0.39, 0.29) is 5.78 Å². The first-order valence-electron chi connectivity index (χ1n) is 14.5. The molecular formula is C39H32N2OS2. The molecule has 0 aliphatic heterocycles. The van der Waals surface area contributed by atoms with Crippen LogP contribution in [0, 0.1) is 0 Å². The lowest BCUT2D eigenvalue weighted by molar-refractivity contribution is 0.103. The smallest absolute Gasteiger partial charge is 0.193 e. The summed E-state index contributed by atoms with van der Waals surface area (Å²) in [5.41, 5.74) is 19.7. The van der Waals surface area contributed by atoms with E-state index < -0.39 is 0 Å². The van der Waals surface area contributed by atoms with Crippen LogP contribution in [-0.4, -0.2) is 5.78 Å². The van der Waals surface area contributed by atoms with Crippen molar-refractivity contribution in [1.29, 1.82) is 0 Å². The molecule has 0 amide bonds. The van der Waals surface area contributed by atoms with Crippen molar-refractivity contribution in [3.63, 3.8) is 0 Å². The molecule has 0 aliphatic rings. The summed E-state index contributed by atoms with van der Waals surface area (Å²) in [5, 5.41) is 0. The molecule has 0 spiro atoms. The summed E-state index contributed by atoms with van der Waals surface area (Å²) in [5.74, 6) is -0.00201. The van der Waals surface area contributed by atoms with Gasteiger partial charge in [0.2, 0.25) is 0 Å². The van der Waals surface area contributed by atoms with Gasteiger partial charge in [-0.05, 0) is 69.8 Å². The maximum Gasteiger partial charge on any atom is 0.193 e. The van der Waals surface area contributed by atoms with Crippen molar-refractivity contribution in [3.05, 3.63) is 168 Å². The summed E-state index contributed by atoms with van der Waals surface area (Å²) in [6.45, 7) is 0.974. The molecule has 0 atom stereocenters. The maximum atomic E-state index is 13.5. The summed E-state index contributed by atoms with van der Waals surface area (Å²) in [6, 6.07) is 49.1. The van der Waals surface area contributed by atoms with E-state index in [1.807, 2.05) is 84.9 Å². The van der Waals surface area contributed by atoms with Crippen LogP contribution in [-0.2, 0) is 13.1 Å². The SMILES string of the molecule is NCc1ccc(-c2ccc(C(=O)c3ccc(-c4ccc(CN)cc4Sc4ccccc4)cc3)cc2)c(Sc2ccccc2)c1. The fourth-order valence-corrected chi connectivity index (χ4v) is 7.14. The third-order valence-electron chi connectivity index (χ3n) is 7.42. The minimum atomic E-state index is -0.00201. The Morgan fingerprint density at radius 2 is 0.864 bits per heavy atom. The molecule has 0 unspecified atom stereocenters. The quantitative estimate of drug-likeness (QED) is 0.152. The third-order valence-corrected chi connectivity index (χ3v) is 9.55. The standard InChI is InChI=1S/C39H32N2OS2/c40-25-27-11-21-35(37(23-27)43-33-7-3-1-4-8-33)29-13-17-31(18-14-29)39(42)32-19-15-30(16-20-32)36-22-12-28(26-41)24-38(36)44-34-9-5-2-6-10-34/h1-24H,25-26,40-41H2. The predicted octanol–water partition coefficient (Wildman–Crippen LogP) is 9.47. The van der Waals surface area contributed by atoms with Crippen LogP contribution in [0.4, 0.5) is 0 Å². The molecule has 0 radical (unpaired) electrons. The molecule has 0 heterocycles. The second kappa shape index (κ2) is 13.9. The van der Waals surface area contributed by atoms with Gasteiger partial charge >= 0.3 is 0 Å². The van der Waals surface area contributed by atoms with Gasteiger partial charge in [-0.2, -0.15) is 0 Å². The number of benzene rings is 6. The summed E-state index contributed by atoms with van der Waals surface area (Å²) in [7, 11) is 0. The monoisotopic (exact) mass is 608 g/mol. The van der Waals surface area contributed by atoms with Crippen molar-refractivity contribution >= 4 is 29.3 Å². The van der Waals surface area contributed by atoms with Crippen molar-refractivity contribution in [2.24, 2.45) is 11.5 Å². The highest BCUT2D eigenvalue weighted by molar-refractivity contribution is 7.99. The topological polar surface area (TPSA) is 69.1 Å². The molecule has 0 aromatic heterocycles. The molecule has 5 heteroatoms. The highest BCUT2D eigenvalue weighted by Gasteiger charge is 2.14. The molecule has 0 saturated heterocycles. The lowest BCUT2D eigenvalue weighted by Crippen LogP contribution is -2.01. The zero-order valence-corrected chi connectivity index (χ0v) is 25.8. The van der Waals surface area contributed by atoms with Crippen molar-refractivity contribution in [1.82, 2.24) is 0 Å². The number of carbonyl (C=O) groups excluding carboxylic acids is 1. The van der Waals surface area contributed by atoms with Crippen LogP contribution in [0.15, 0.2) is 165 Å². The van der Waals surface area contributed by atoms with Crippen LogP contribution >= 0.6 is 23.5 Å². The van der Waals surface area contributed by atoms with E-state index in [2.05, 4.69) is 60.7 Å². The fraction of sp³-hybridized carbons (Fsp3) is 0.0513. The predicted molar refractivity (Wildman–Crippen MR) is 184 cm³/mol. The average Bonchev–Trinajstić information content (AvgIpc) is 3.09. The van der Waals surface area contributed by atoms with Crippen molar-refractivity contribution in [2.75, 3.05) is 0 Å². The van der Waals surface area contributed by atoms with Gasteiger partial charge in [0.05, 0.1) is 0 Å². The Morgan fingerprint density at radius 3 is 1.23 bits per heavy atom. The third kappa shape index (κ3) is 6.88. The van der Waals surface area contributed by atoms with E-state index in [9.17, 15) is 4.79 Å². The van der Waals surface area contributed by atoms with Gasteiger partial charge in [-0.1, -0.05) is 133 Å². The summed E-state index contributed by atoms with van der Waals surface area (Å²) in [4.78, 5) is 18.1. The normalized spacial score (nSPS) is 11.0. The lowest BCUT2D eigenvalue weighted by atomic mass is 9.97. The van der Waals surface area contributed by atoms with Crippen LogP contribution < -0.4 is 11.5 Å². The van der Waals surface area contributed by atoms with E-state index in [4.69, 9.17) is 11.5 Å². The van der Waals surface area contributed by atoms with E-state index in [0.29, 0.717) is 24.2 Å². The van der Waals surface area contributed by atoms with Crippen molar-refractivity contribution in [3.8, 4) is 22.3 Å². The van der Waals surface area contributed by atoms with Crippen molar-refractivity contribution in [2.45, 2.75) is 32.7 Å². The molecule has 6 rings (SSSR count). The van der Waals surface area contributed by atoms with E-state index >= 15 is 0 Å². The second-order valence-corrected chi connectivity index (χ2v) is 12.6. The lowest BCUT2D eigenvalue weighted by Gasteiger charge is -2.13. The Morgan fingerprint density at radius 1 is 0.477 bits per heavy atom. The van der Waals surface area contributed by atoms with Crippen LogP contribution in [0.1, 0.15) is 27.0 Å². The van der Waals surface area contributed by atoms with Crippen molar-refractivity contribution < 1.29 is 4.79 Å². The molecule has 0 bridgehead atoms. The van der Waals surface area contributed by atoms with Gasteiger partial charge in [-0.25, -0.2) is 0 Å². The average molecular weight is 609 g/mol. The molecule has 0 fully saturated rings. The Labute approximate surface area is 267 Å². The minimum Gasteiger partial charge on any atom is -0.326 e. The Kier molecular flexibility index (Phi) is 9.40. The molecule has 216 valence electrons. The molecule has 44 heavy (non-hydrogen) atoms. The number of hydrogen-bond donors (Lipinski definition) is 2. The second-order valence-electron chi connectivity index (χ2n) is 10.4. The largest absolute Gasteiger partial charge is 0.326 e. The van der Waals surface area contributed by atoms with Gasteiger partial charge in [0, 0.05) is 43.8 Å². The van der Waals surface area contributed by atoms with E-state index in [0.717, 1.165) is 43.2 Å². The van der Waals surface area contributed by atoms with Gasteiger partial charge in [-0.3, -0.25) is 4.79 Å². The fourth-order valence-electron chi connectivity index (χ4n) is 5.03. The van der Waals surface area contributed by atoms with Gasteiger partial charge in [0.15, 0.2) is 5.78 Å². The van der Waals surface area contributed by atoms with E-state index in [1.165, 1.54) is 9.79 Å². The molecule has 6 aromatic rings.